The van der Waals surface area contributed by atoms with Crippen molar-refractivity contribution in [2.45, 2.75) is 38.0 Å². The second-order valence-corrected chi connectivity index (χ2v) is 8.16. The minimum Gasteiger partial charge on any atom is -0.452 e. The molecular formula is C17H23N3O6S. The van der Waals surface area contributed by atoms with Gasteiger partial charge in [0.15, 0.2) is 6.61 Å². The summed E-state index contributed by atoms with van der Waals surface area (Å²) in [6.45, 7) is 3.18. The van der Waals surface area contributed by atoms with Crippen LogP contribution in [0.2, 0.25) is 0 Å². The molecule has 2 N–H and O–H groups in total. The minimum absolute atomic E-state index is 0.0310. The van der Waals surface area contributed by atoms with E-state index in [0.717, 1.165) is 19.3 Å². The lowest BCUT2D eigenvalue weighted by molar-refractivity contribution is -0.129. The van der Waals surface area contributed by atoms with Gasteiger partial charge in [0.1, 0.15) is 0 Å². The number of esters is 1. The molecule has 0 saturated carbocycles. The van der Waals surface area contributed by atoms with Crippen LogP contribution in [-0.4, -0.2) is 50.2 Å². The van der Waals surface area contributed by atoms with Gasteiger partial charge in [0.2, 0.25) is 15.9 Å². The Labute approximate surface area is 158 Å². The SMILES string of the molecule is CC(=O)NNC(=O)COC(=O)c1ccc(C)c(S(=O)(=O)N2CCCCC2)c1. The van der Waals surface area contributed by atoms with E-state index in [2.05, 4.69) is 10.9 Å². The van der Waals surface area contributed by atoms with Gasteiger partial charge in [-0.05, 0) is 37.5 Å². The molecule has 2 rings (SSSR count). The summed E-state index contributed by atoms with van der Waals surface area (Å²) in [6.07, 6.45) is 2.62. The summed E-state index contributed by atoms with van der Waals surface area (Å²) in [5, 5.41) is 0. The molecule has 10 heteroatoms. The van der Waals surface area contributed by atoms with Crippen molar-refractivity contribution < 1.29 is 27.5 Å². The molecule has 148 valence electrons. The number of hydrazine groups is 1. The molecule has 2 amide bonds. The van der Waals surface area contributed by atoms with Crippen molar-refractivity contribution in [1.82, 2.24) is 15.2 Å². The van der Waals surface area contributed by atoms with Crippen molar-refractivity contribution in [2.75, 3.05) is 19.7 Å². The summed E-state index contributed by atoms with van der Waals surface area (Å²) in [7, 11) is -3.70. The Morgan fingerprint density at radius 1 is 1.11 bits per heavy atom. The van der Waals surface area contributed by atoms with Crippen LogP contribution in [0, 0.1) is 6.92 Å². The van der Waals surface area contributed by atoms with Crippen molar-refractivity contribution >= 4 is 27.8 Å². The molecule has 1 fully saturated rings. The molecule has 1 saturated heterocycles. The summed E-state index contributed by atoms with van der Waals surface area (Å²) in [6, 6.07) is 4.25. The van der Waals surface area contributed by atoms with Gasteiger partial charge in [-0.25, -0.2) is 13.2 Å². The highest BCUT2D eigenvalue weighted by atomic mass is 32.2. The maximum absolute atomic E-state index is 12.9. The Hall–Kier alpha value is -2.46. The smallest absolute Gasteiger partial charge is 0.338 e. The molecule has 0 atom stereocenters. The van der Waals surface area contributed by atoms with Crippen molar-refractivity contribution in [2.24, 2.45) is 0 Å². The zero-order valence-corrected chi connectivity index (χ0v) is 16.1. The average Bonchev–Trinajstić information content (AvgIpc) is 2.65. The number of carbonyl (C=O) groups excluding carboxylic acids is 3. The standard InChI is InChI=1S/C17H23N3O6S/c1-12-6-7-14(17(23)26-11-16(22)19-18-13(2)21)10-15(12)27(24,25)20-8-4-3-5-9-20/h6-7,10H,3-5,8-9,11H2,1-2H3,(H,18,21)(H,19,22). The number of aryl methyl sites for hydroxylation is 1. The van der Waals surface area contributed by atoms with E-state index in [1.54, 1.807) is 6.92 Å². The van der Waals surface area contributed by atoms with E-state index in [-0.39, 0.29) is 10.5 Å². The van der Waals surface area contributed by atoms with E-state index in [9.17, 15) is 22.8 Å². The first kappa shape index (κ1) is 20.8. The van der Waals surface area contributed by atoms with Crippen molar-refractivity contribution in [3.63, 3.8) is 0 Å². The predicted molar refractivity (Wildman–Crippen MR) is 96.0 cm³/mol. The van der Waals surface area contributed by atoms with Crippen molar-refractivity contribution in [1.29, 1.82) is 0 Å². The van der Waals surface area contributed by atoms with Crippen LogP contribution >= 0.6 is 0 Å². The Morgan fingerprint density at radius 2 is 1.78 bits per heavy atom. The molecule has 1 aliphatic rings. The van der Waals surface area contributed by atoms with Crippen LogP contribution in [0.15, 0.2) is 23.1 Å². The highest BCUT2D eigenvalue weighted by Gasteiger charge is 2.28. The predicted octanol–water partition coefficient (Wildman–Crippen LogP) is 0.494. The van der Waals surface area contributed by atoms with Crippen LogP contribution in [0.1, 0.15) is 42.1 Å². The zero-order valence-electron chi connectivity index (χ0n) is 15.3. The highest BCUT2D eigenvalue weighted by molar-refractivity contribution is 7.89. The van der Waals surface area contributed by atoms with Gasteiger partial charge in [-0.2, -0.15) is 4.31 Å². The molecular weight excluding hydrogens is 374 g/mol. The van der Waals surface area contributed by atoms with Gasteiger partial charge in [0.25, 0.3) is 5.91 Å². The van der Waals surface area contributed by atoms with Gasteiger partial charge in [0.05, 0.1) is 10.5 Å². The quantitative estimate of drug-likeness (QED) is 0.551. The third-order valence-electron chi connectivity index (χ3n) is 4.07. The summed E-state index contributed by atoms with van der Waals surface area (Å²) < 4.78 is 32.0. The number of sulfonamides is 1. The largest absolute Gasteiger partial charge is 0.452 e. The molecule has 0 aliphatic carbocycles. The number of rotatable bonds is 5. The lowest BCUT2D eigenvalue weighted by Crippen LogP contribution is -2.42. The van der Waals surface area contributed by atoms with E-state index < -0.39 is 34.4 Å². The third-order valence-corrected chi connectivity index (χ3v) is 6.11. The van der Waals surface area contributed by atoms with Gasteiger partial charge < -0.3 is 4.74 Å². The van der Waals surface area contributed by atoms with Crippen molar-refractivity contribution in [3.05, 3.63) is 29.3 Å². The second kappa shape index (κ2) is 8.96. The molecule has 27 heavy (non-hydrogen) atoms. The molecule has 1 aromatic rings. The van der Waals surface area contributed by atoms with E-state index in [1.165, 1.54) is 29.4 Å². The average molecular weight is 397 g/mol. The first-order chi connectivity index (χ1) is 12.7. The third kappa shape index (κ3) is 5.51. The highest BCUT2D eigenvalue weighted by Crippen LogP contribution is 2.24. The number of nitrogens with zero attached hydrogens (tertiary/aromatic N) is 1. The van der Waals surface area contributed by atoms with Gasteiger partial charge in [-0.1, -0.05) is 12.5 Å². The zero-order chi connectivity index (χ0) is 20.0. The normalized spacial score (nSPS) is 15.0. The number of benzene rings is 1. The maximum Gasteiger partial charge on any atom is 0.338 e. The van der Waals surface area contributed by atoms with Gasteiger partial charge in [0, 0.05) is 20.0 Å². The molecule has 0 unspecified atom stereocenters. The topological polar surface area (TPSA) is 122 Å². The van der Waals surface area contributed by atoms with E-state index in [1.807, 2.05) is 0 Å². The summed E-state index contributed by atoms with van der Waals surface area (Å²) in [4.78, 5) is 34.4. The summed E-state index contributed by atoms with van der Waals surface area (Å²) >= 11 is 0. The van der Waals surface area contributed by atoms with Crippen LogP contribution in [0.3, 0.4) is 0 Å². The molecule has 0 radical (unpaired) electrons. The van der Waals surface area contributed by atoms with Gasteiger partial charge in [-0.3, -0.25) is 20.4 Å². The van der Waals surface area contributed by atoms with Crippen LogP contribution < -0.4 is 10.9 Å². The number of nitrogens with one attached hydrogen (secondary N) is 2. The molecule has 1 aromatic carbocycles. The van der Waals surface area contributed by atoms with Crippen LogP contribution in [-0.2, 0) is 24.3 Å². The molecule has 0 bridgehead atoms. The number of hydrogen-bond donors (Lipinski definition) is 2. The molecule has 1 aliphatic heterocycles. The monoisotopic (exact) mass is 397 g/mol. The number of piperidine rings is 1. The van der Waals surface area contributed by atoms with E-state index >= 15 is 0 Å². The Morgan fingerprint density at radius 3 is 2.41 bits per heavy atom. The number of hydrogen-bond acceptors (Lipinski definition) is 6. The maximum atomic E-state index is 12.9. The minimum atomic E-state index is -3.70. The van der Waals surface area contributed by atoms with Crippen LogP contribution in [0.5, 0.6) is 0 Å². The first-order valence-electron chi connectivity index (χ1n) is 8.55. The fourth-order valence-corrected chi connectivity index (χ4v) is 4.43. The second-order valence-electron chi connectivity index (χ2n) is 6.25. The first-order valence-corrected chi connectivity index (χ1v) is 9.99. The van der Waals surface area contributed by atoms with Gasteiger partial charge in [-0.15, -0.1) is 0 Å². The number of carbonyl (C=O) groups is 3. The fourth-order valence-electron chi connectivity index (χ4n) is 2.66. The van der Waals surface area contributed by atoms with Crippen molar-refractivity contribution in [3.8, 4) is 0 Å². The van der Waals surface area contributed by atoms with Gasteiger partial charge >= 0.3 is 5.97 Å². The summed E-state index contributed by atoms with van der Waals surface area (Å²) in [5.74, 6) is -2.02. The van der Waals surface area contributed by atoms with Crippen LogP contribution in [0.25, 0.3) is 0 Å². The molecule has 0 aromatic heterocycles. The Kier molecular flexibility index (Phi) is 6.92. The van der Waals surface area contributed by atoms with E-state index in [0.29, 0.717) is 18.7 Å². The Balaban J connectivity index is 2.10. The fraction of sp³-hybridized carbons (Fsp3) is 0.471. The summed E-state index contributed by atoms with van der Waals surface area (Å²) in [5.41, 5.74) is 4.68. The number of ether oxygens (including phenoxy) is 1. The van der Waals surface area contributed by atoms with E-state index in [4.69, 9.17) is 4.74 Å². The molecule has 9 nitrogen and oxygen atoms in total. The Bertz CT molecular complexity index is 831. The lowest BCUT2D eigenvalue weighted by Gasteiger charge is -2.26. The van der Waals surface area contributed by atoms with Crippen LogP contribution in [0.4, 0.5) is 0 Å². The molecule has 1 heterocycles. The number of amides is 2. The lowest BCUT2D eigenvalue weighted by atomic mass is 10.1. The molecule has 0 spiro atoms.